The van der Waals surface area contributed by atoms with Gasteiger partial charge in [0.15, 0.2) is 0 Å². The van der Waals surface area contributed by atoms with Crippen LogP contribution in [-0.4, -0.2) is 89.0 Å². The number of aromatic nitrogens is 1. The van der Waals surface area contributed by atoms with Gasteiger partial charge in [0.05, 0.1) is 18.0 Å². The SMILES string of the molecule is CCc1ccc(CCOc2ccc(CC3SC(=O)NC3=O)cc2)nc1.CNC(=O)Oc1ccc2c(c1)[C@]1(C)CCN(C)[C@@H]1N2C.O=C(O)c1ccccc1O. The number of carboxylic acid groups (broad SMARTS) is 1. The van der Waals surface area contributed by atoms with Crippen molar-refractivity contribution >= 4 is 40.7 Å². The maximum atomic E-state index is 11.6. The summed E-state index contributed by atoms with van der Waals surface area (Å²) in [5.41, 5.74) is 5.79. The van der Waals surface area contributed by atoms with Gasteiger partial charge in [0.25, 0.3) is 5.24 Å². The number of benzene rings is 3. The predicted octanol–water partition coefficient (Wildman–Crippen LogP) is 6.02. The second-order valence-electron chi connectivity index (χ2n) is 13.6. The summed E-state index contributed by atoms with van der Waals surface area (Å²) in [6, 6.07) is 23.5. The highest BCUT2D eigenvalue weighted by molar-refractivity contribution is 8.15. The van der Waals surface area contributed by atoms with Crippen LogP contribution in [0.2, 0.25) is 0 Å². The van der Waals surface area contributed by atoms with Gasteiger partial charge in [-0.15, -0.1) is 0 Å². The average Bonchev–Trinajstić information content (AvgIpc) is 3.75. The number of ether oxygens (including phenoxy) is 2. The Morgan fingerprint density at radius 1 is 1.02 bits per heavy atom. The minimum Gasteiger partial charge on any atom is -0.507 e. The number of anilines is 1. The number of carboxylic acids is 1. The first kappa shape index (κ1) is 40.6. The quantitative estimate of drug-likeness (QED) is 0.156. The maximum Gasteiger partial charge on any atom is 0.412 e. The molecule has 4 heterocycles. The van der Waals surface area contributed by atoms with Gasteiger partial charge in [-0.2, -0.15) is 0 Å². The number of fused-ring (bicyclic) bond motifs is 3. The van der Waals surface area contributed by atoms with Crippen LogP contribution < -0.4 is 25.0 Å². The number of thioether (sulfide) groups is 1. The molecule has 0 saturated carbocycles. The lowest BCUT2D eigenvalue weighted by Crippen LogP contribution is -2.45. The van der Waals surface area contributed by atoms with Crippen molar-refractivity contribution < 1.29 is 38.9 Å². The van der Waals surface area contributed by atoms with Crippen molar-refractivity contribution in [3.8, 4) is 17.2 Å². The summed E-state index contributed by atoms with van der Waals surface area (Å²) in [5.74, 6) is -0.133. The Morgan fingerprint density at radius 2 is 1.73 bits per heavy atom. The first-order valence-electron chi connectivity index (χ1n) is 18.0. The molecule has 14 heteroatoms. The molecule has 3 aromatic carbocycles. The molecule has 3 amide bonds. The molecule has 0 spiro atoms. The first-order valence-corrected chi connectivity index (χ1v) is 18.9. The van der Waals surface area contributed by atoms with Gasteiger partial charge in [-0.05, 0) is 91.5 Å². The molecule has 290 valence electrons. The zero-order valence-corrected chi connectivity index (χ0v) is 32.4. The van der Waals surface area contributed by atoms with E-state index in [0.29, 0.717) is 24.9 Å². The van der Waals surface area contributed by atoms with Gasteiger partial charge in [0.1, 0.15) is 22.8 Å². The van der Waals surface area contributed by atoms with Gasteiger partial charge in [0.2, 0.25) is 5.91 Å². The largest absolute Gasteiger partial charge is 0.507 e. The summed E-state index contributed by atoms with van der Waals surface area (Å²) in [6.07, 6.45) is 5.27. The number of aromatic carboxylic acids is 1. The minimum absolute atomic E-state index is 0.0671. The van der Waals surface area contributed by atoms with Crippen LogP contribution in [0.25, 0.3) is 0 Å². The second kappa shape index (κ2) is 18.2. The number of hydrogen-bond donors (Lipinski definition) is 4. The van der Waals surface area contributed by atoms with Crippen LogP contribution in [-0.2, 0) is 29.5 Å². The highest BCUT2D eigenvalue weighted by Gasteiger charge is 2.52. The summed E-state index contributed by atoms with van der Waals surface area (Å²) in [5, 5.41) is 21.5. The molecule has 4 aromatic rings. The molecule has 0 aliphatic carbocycles. The van der Waals surface area contributed by atoms with Crippen molar-refractivity contribution in [1.29, 1.82) is 0 Å². The number of nitrogens with zero attached hydrogens (tertiary/aromatic N) is 3. The number of phenols is 1. The fourth-order valence-electron chi connectivity index (χ4n) is 6.98. The van der Waals surface area contributed by atoms with E-state index in [4.69, 9.17) is 19.7 Å². The number of rotatable bonds is 9. The zero-order valence-electron chi connectivity index (χ0n) is 31.6. The number of likely N-dealkylation sites (tertiary alicyclic amines) is 1. The van der Waals surface area contributed by atoms with Gasteiger partial charge in [-0.25, -0.2) is 9.59 Å². The van der Waals surface area contributed by atoms with E-state index in [1.165, 1.54) is 28.9 Å². The number of nitrogens with one attached hydrogen (secondary N) is 2. The fourth-order valence-corrected chi connectivity index (χ4v) is 7.84. The topological polar surface area (TPSA) is 171 Å². The third-order valence-electron chi connectivity index (χ3n) is 9.88. The van der Waals surface area contributed by atoms with E-state index in [2.05, 4.69) is 59.4 Å². The molecular weight excluding hydrogens is 723 g/mol. The van der Waals surface area contributed by atoms with Crippen molar-refractivity contribution in [3.63, 3.8) is 0 Å². The van der Waals surface area contributed by atoms with E-state index >= 15 is 0 Å². The summed E-state index contributed by atoms with van der Waals surface area (Å²) in [4.78, 5) is 53.5. The number of carbonyl (C=O) groups excluding carboxylic acids is 3. The molecule has 1 unspecified atom stereocenters. The normalized spacial score (nSPS) is 19.5. The number of hydrogen-bond acceptors (Lipinski definition) is 11. The summed E-state index contributed by atoms with van der Waals surface area (Å²) in [7, 11) is 5.86. The smallest absolute Gasteiger partial charge is 0.412 e. The van der Waals surface area contributed by atoms with Gasteiger partial charge in [-0.1, -0.05) is 55.9 Å². The van der Waals surface area contributed by atoms with E-state index < -0.39 is 12.1 Å². The lowest BCUT2D eigenvalue weighted by molar-refractivity contribution is -0.118. The molecule has 4 N–H and O–H groups in total. The Kier molecular flexibility index (Phi) is 13.4. The Hall–Kier alpha value is -5.60. The van der Waals surface area contributed by atoms with Crippen molar-refractivity contribution in [1.82, 2.24) is 20.5 Å². The standard InChI is InChI=1S/C19H20N2O3S.C15H21N3O2.C7H6O3/c1-2-13-3-6-15(20-12-13)9-10-24-16-7-4-14(5-8-16)11-17-18(22)21-19(23)25-17;1-15-7-8-17(3)13(15)18(4)12-6-5-10(9-11(12)15)20-14(19)16-2;8-6-4-2-1-3-5(6)7(9)10/h3-8,12,17H,2,9-11H2,1H3,(H,21,22,23);5-6,9,13H,7-8H2,1-4H3,(H,16,19);1-4,8H,(H,9,10)/t;13-,15+;/m.1./s1. The number of likely N-dealkylation sites (N-methyl/N-ethyl adjacent to an activating group) is 2. The zero-order chi connectivity index (χ0) is 39.7. The summed E-state index contributed by atoms with van der Waals surface area (Å²) >= 11 is 1.05. The second-order valence-corrected chi connectivity index (χ2v) is 14.8. The highest BCUT2D eigenvalue weighted by Crippen LogP contribution is 2.51. The summed E-state index contributed by atoms with van der Waals surface area (Å²) < 4.78 is 11.0. The third-order valence-corrected chi connectivity index (χ3v) is 10.9. The van der Waals surface area contributed by atoms with Crippen molar-refractivity contribution in [2.45, 2.75) is 56.4 Å². The predicted molar refractivity (Wildman–Crippen MR) is 211 cm³/mol. The van der Waals surface area contributed by atoms with Crippen LogP contribution in [0.15, 0.2) is 85.1 Å². The molecule has 0 radical (unpaired) electrons. The molecule has 1 aromatic heterocycles. The Balaban J connectivity index is 0.000000172. The Labute approximate surface area is 325 Å². The number of carbonyl (C=O) groups is 4. The molecule has 3 atom stereocenters. The number of amides is 3. The fraction of sp³-hybridized carbons (Fsp3) is 0.341. The van der Waals surface area contributed by atoms with Gasteiger partial charge < -0.3 is 29.9 Å². The van der Waals surface area contributed by atoms with Gasteiger partial charge in [-0.3, -0.25) is 24.8 Å². The van der Waals surface area contributed by atoms with E-state index in [1.54, 1.807) is 19.2 Å². The number of aromatic hydroxyl groups is 1. The van der Waals surface area contributed by atoms with E-state index in [-0.39, 0.29) is 33.1 Å². The molecule has 3 aliphatic rings. The average molecular weight is 770 g/mol. The molecule has 7 rings (SSSR count). The Bertz CT molecular complexity index is 1990. The van der Waals surface area contributed by atoms with Crippen LogP contribution in [0.1, 0.15) is 53.0 Å². The van der Waals surface area contributed by atoms with Crippen LogP contribution in [0.3, 0.4) is 0 Å². The van der Waals surface area contributed by atoms with Crippen LogP contribution in [0.4, 0.5) is 15.3 Å². The molecular formula is C41H47N5O8S. The monoisotopic (exact) mass is 769 g/mol. The van der Waals surface area contributed by atoms with Crippen LogP contribution in [0, 0.1) is 0 Å². The number of para-hydroxylation sites is 1. The van der Waals surface area contributed by atoms with Crippen LogP contribution in [0.5, 0.6) is 17.2 Å². The number of aryl methyl sites for hydroxylation is 1. The summed E-state index contributed by atoms with van der Waals surface area (Å²) in [6.45, 7) is 6.06. The van der Waals surface area contributed by atoms with E-state index in [0.717, 1.165) is 54.6 Å². The molecule has 0 bridgehead atoms. The van der Waals surface area contributed by atoms with E-state index in [1.807, 2.05) is 54.7 Å². The molecule has 2 saturated heterocycles. The van der Waals surface area contributed by atoms with Crippen molar-refractivity contribution in [2.24, 2.45) is 0 Å². The first-order chi connectivity index (χ1) is 26.3. The number of imide groups is 1. The molecule has 13 nitrogen and oxygen atoms in total. The number of pyridine rings is 1. The van der Waals surface area contributed by atoms with Gasteiger partial charge >= 0.3 is 12.1 Å². The Morgan fingerprint density at radius 3 is 2.33 bits per heavy atom. The van der Waals surface area contributed by atoms with Crippen molar-refractivity contribution in [2.75, 3.05) is 39.2 Å². The lowest BCUT2D eigenvalue weighted by atomic mass is 9.81. The third kappa shape index (κ3) is 9.94. The van der Waals surface area contributed by atoms with Crippen molar-refractivity contribution in [3.05, 3.63) is 113 Å². The maximum absolute atomic E-state index is 11.6. The van der Waals surface area contributed by atoms with E-state index in [9.17, 15) is 19.2 Å². The lowest BCUT2D eigenvalue weighted by Gasteiger charge is -2.32. The molecule has 3 aliphatic heterocycles. The van der Waals surface area contributed by atoms with Crippen LogP contribution >= 0.6 is 11.8 Å². The minimum atomic E-state index is -1.11. The molecule has 2 fully saturated rings. The van der Waals surface area contributed by atoms with Gasteiger partial charge in [0, 0.05) is 50.1 Å². The molecule has 55 heavy (non-hydrogen) atoms. The highest BCUT2D eigenvalue weighted by atomic mass is 32.2.